The number of hydrogen-bond acceptors (Lipinski definition) is 2. The van der Waals surface area contributed by atoms with Crippen LogP contribution in [0.5, 0.6) is 0 Å². The molecular weight excluding hydrogens is 881 g/mol. The van der Waals surface area contributed by atoms with E-state index < -0.39 is 0 Å². The molecule has 0 saturated carbocycles. The molecule has 2 aliphatic carbocycles. The number of benzene rings is 11. The van der Waals surface area contributed by atoms with E-state index in [2.05, 4.69) is 254 Å². The van der Waals surface area contributed by atoms with Crippen molar-refractivity contribution in [3.05, 3.63) is 270 Å². The standard InChI is InChI=1S/C71H52N2/c1-71(2)63-41-48(45-16-4-3-5-17-45)30-34-57(63)58-35-31-54(42-64(58)71)70-60-37-33-55(72-65-24-12-8-20-49(65)39-50-21-9-13-25-66(50)72)43-61(60)69(53-29-28-46-18-6-7-19-47(46)38-53)59-36-32-56(44-62(59)70)73-67-26-14-10-22-51(67)40-52-23-11-15-27-68(52)73/h3-10,12-22,24-38,41-44H,11,23,39-40H2,1-2H3. The minimum absolute atomic E-state index is 0.219. The smallest absolute Gasteiger partial charge is 0.0497 e. The van der Waals surface area contributed by atoms with Crippen LogP contribution in [0.3, 0.4) is 0 Å². The molecule has 2 aliphatic heterocycles. The summed E-state index contributed by atoms with van der Waals surface area (Å²) >= 11 is 0. The van der Waals surface area contributed by atoms with Gasteiger partial charge in [0.1, 0.15) is 0 Å². The Kier molecular flexibility index (Phi) is 9.29. The fourth-order valence-electron chi connectivity index (χ4n) is 13.1. The average molecular weight is 933 g/mol. The number of nitrogens with zero attached hydrogens (tertiary/aromatic N) is 2. The first kappa shape index (κ1) is 42.0. The molecule has 0 unspecified atom stereocenters. The van der Waals surface area contributed by atoms with Crippen molar-refractivity contribution in [1.82, 2.24) is 0 Å². The van der Waals surface area contributed by atoms with Crippen molar-refractivity contribution >= 4 is 60.8 Å². The highest BCUT2D eigenvalue weighted by Crippen LogP contribution is 2.54. The average Bonchev–Trinajstić information content (AvgIpc) is 3.67. The summed E-state index contributed by atoms with van der Waals surface area (Å²) in [6, 6.07) is 82.8. The Balaban J connectivity index is 1.03. The van der Waals surface area contributed by atoms with Crippen molar-refractivity contribution in [3.63, 3.8) is 0 Å². The van der Waals surface area contributed by atoms with Gasteiger partial charge >= 0.3 is 0 Å². The SMILES string of the molecule is CC1(C)c2cc(-c3ccccc3)ccc2-c2ccc(-c3c4ccc(N5c6ccccc6Cc6ccccc65)cc4c(-c4ccc5ccccc5c4)c4ccc(N5C6=C(CCC=C6)Cc6ccccc65)cc34)cc21. The molecule has 2 heterocycles. The van der Waals surface area contributed by atoms with Gasteiger partial charge in [0.15, 0.2) is 0 Å². The highest BCUT2D eigenvalue weighted by Gasteiger charge is 2.37. The van der Waals surface area contributed by atoms with Crippen LogP contribution in [-0.4, -0.2) is 0 Å². The van der Waals surface area contributed by atoms with Crippen LogP contribution in [0, 0.1) is 0 Å². The molecule has 4 aliphatic rings. The zero-order valence-electron chi connectivity index (χ0n) is 41.2. The van der Waals surface area contributed by atoms with Gasteiger partial charge in [-0.25, -0.2) is 0 Å². The summed E-state index contributed by atoms with van der Waals surface area (Å²) in [5.74, 6) is 0. The third kappa shape index (κ3) is 6.49. The lowest BCUT2D eigenvalue weighted by atomic mass is 9.79. The van der Waals surface area contributed by atoms with Crippen LogP contribution >= 0.6 is 0 Å². The van der Waals surface area contributed by atoms with Crippen molar-refractivity contribution in [2.75, 3.05) is 9.80 Å². The second-order valence-electron chi connectivity index (χ2n) is 21.1. The Morgan fingerprint density at radius 3 is 1.58 bits per heavy atom. The van der Waals surface area contributed by atoms with Gasteiger partial charge in [-0.15, -0.1) is 0 Å². The van der Waals surface area contributed by atoms with E-state index in [0.29, 0.717) is 0 Å². The number of anilines is 5. The maximum absolute atomic E-state index is 2.55. The van der Waals surface area contributed by atoms with Crippen molar-refractivity contribution < 1.29 is 0 Å². The summed E-state index contributed by atoms with van der Waals surface area (Å²) < 4.78 is 0. The zero-order valence-corrected chi connectivity index (χ0v) is 41.2. The lowest BCUT2D eigenvalue weighted by Crippen LogP contribution is -2.24. The normalized spacial score (nSPS) is 15.0. The van der Waals surface area contributed by atoms with Crippen LogP contribution in [0.1, 0.15) is 54.5 Å². The van der Waals surface area contributed by atoms with Crippen LogP contribution in [0.2, 0.25) is 0 Å². The van der Waals surface area contributed by atoms with Crippen LogP contribution in [0.15, 0.2) is 242 Å². The summed E-state index contributed by atoms with van der Waals surface area (Å²) in [7, 11) is 0. The summed E-state index contributed by atoms with van der Waals surface area (Å²) in [4.78, 5) is 5.05. The minimum atomic E-state index is -0.219. The number of para-hydroxylation sites is 3. The molecule has 0 amide bonds. The summed E-state index contributed by atoms with van der Waals surface area (Å²) in [6.45, 7) is 4.84. The first-order valence-corrected chi connectivity index (χ1v) is 26.0. The summed E-state index contributed by atoms with van der Waals surface area (Å²) in [5, 5.41) is 7.45. The van der Waals surface area contributed by atoms with E-state index >= 15 is 0 Å². The quantitative estimate of drug-likeness (QED) is 0.159. The van der Waals surface area contributed by atoms with Crippen LogP contribution in [-0.2, 0) is 18.3 Å². The van der Waals surface area contributed by atoms with E-state index in [1.807, 2.05) is 0 Å². The van der Waals surface area contributed by atoms with E-state index in [-0.39, 0.29) is 5.41 Å². The van der Waals surface area contributed by atoms with Gasteiger partial charge in [-0.3, -0.25) is 0 Å². The topological polar surface area (TPSA) is 6.48 Å². The fraction of sp³-hybridized carbons (Fsp3) is 0.0986. The first-order chi connectivity index (χ1) is 35.9. The van der Waals surface area contributed by atoms with Gasteiger partial charge in [-0.2, -0.15) is 0 Å². The van der Waals surface area contributed by atoms with Crippen molar-refractivity contribution in [3.8, 4) is 44.5 Å². The second kappa shape index (κ2) is 16.2. The van der Waals surface area contributed by atoms with Crippen molar-refractivity contribution in [2.45, 2.75) is 44.9 Å². The highest BCUT2D eigenvalue weighted by atomic mass is 15.2. The minimum Gasteiger partial charge on any atom is -0.310 e. The molecule has 73 heavy (non-hydrogen) atoms. The Morgan fingerprint density at radius 2 is 0.904 bits per heavy atom. The number of allylic oxidation sites excluding steroid dienone is 3. The van der Waals surface area contributed by atoms with E-state index in [9.17, 15) is 0 Å². The van der Waals surface area contributed by atoms with E-state index in [0.717, 1.165) is 31.4 Å². The maximum Gasteiger partial charge on any atom is 0.0497 e. The monoisotopic (exact) mass is 932 g/mol. The second-order valence-corrected chi connectivity index (χ2v) is 21.1. The Morgan fingerprint density at radius 1 is 0.384 bits per heavy atom. The molecular formula is C71H52N2. The number of hydrogen-bond donors (Lipinski definition) is 0. The van der Waals surface area contributed by atoms with Crippen molar-refractivity contribution in [2.24, 2.45) is 0 Å². The van der Waals surface area contributed by atoms with Gasteiger partial charge in [0, 0.05) is 46.0 Å². The fourth-order valence-corrected chi connectivity index (χ4v) is 13.1. The molecule has 11 aromatic carbocycles. The lowest BCUT2D eigenvalue weighted by molar-refractivity contribution is 0.661. The highest BCUT2D eigenvalue weighted by molar-refractivity contribution is 6.23. The van der Waals surface area contributed by atoms with Crippen LogP contribution in [0.4, 0.5) is 28.4 Å². The van der Waals surface area contributed by atoms with Gasteiger partial charge in [-0.05, 0) is 196 Å². The molecule has 0 fully saturated rings. The molecule has 0 radical (unpaired) electrons. The third-order valence-electron chi connectivity index (χ3n) is 16.7. The van der Waals surface area contributed by atoms with Crippen LogP contribution < -0.4 is 9.80 Å². The predicted octanol–water partition coefficient (Wildman–Crippen LogP) is 19.1. The van der Waals surface area contributed by atoms with Gasteiger partial charge in [0.05, 0.1) is 0 Å². The summed E-state index contributed by atoms with van der Waals surface area (Å²) in [5.41, 5.74) is 25.6. The number of rotatable bonds is 5. The van der Waals surface area contributed by atoms with E-state index in [1.54, 1.807) is 0 Å². The zero-order chi connectivity index (χ0) is 48.4. The first-order valence-electron chi connectivity index (χ1n) is 26.0. The molecule has 0 aromatic heterocycles. The third-order valence-corrected chi connectivity index (χ3v) is 16.7. The molecule has 0 bridgehead atoms. The van der Waals surface area contributed by atoms with E-state index in [4.69, 9.17) is 0 Å². The largest absolute Gasteiger partial charge is 0.310 e. The maximum atomic E-state index is 2.55. The molecule has 346 valence electrons. The molecule has 15 rings (SSSR count). The molecule has 11 aromatic rings. The lowest BCUT2D eigenvalue weighted by Gasteiger charge is -2.36. The molecule has 0 N–H and O–H groups in total. The number of fused-ring (bicyclic) bond motifs is 9. The molecule has 2 nitrogen and oxygen atoms in total. The Bertz CT molecular complexity index is 4140. The Labute approximate surface area is 427 Å². The molecule has 0 saturated heterocycles. The molecule has 0 spiro atoms. The van der Waals surface area contributed by atoms with Crippen molar-refractivity contribution in [1.29, 1.82) is 0 Å². The van der Waals surface area contributed by atoms with E-state index in [1.165, 1.54) is 139 Å². The molecule has 2 heteroatoms. The van der Waals surface area contributed by atoms with Gasteiger partial charge in [-0.1, -0.05) is 178 Å². The van der Waals surface area contributed by atoms with Gasteiger partial charge in [0.2, 0.25) is 0 Å². The summed E-state index contributed by atoms with van der Waals surface area (Å²) in [6.07, 6.45) is 8.82. The predicted molar refractivity (Wildman–Crippen MR) is 308 cm³/mol. The van der Waals surface area contributed by atoms with Crippen LogP contribution in [0.25, 0.3) is 76.8 Å². The molecule has 0 atom stereocenters. The van der Waals surface area contributed by atoms with Gasteiger partial charge in [0.25, 0.3) is 0 Å². The Hall–Kier alpha value is -8.72. The van der Waals surface area contributed by atoms with Gasteiger partial charge < -0.3 is 9.80 Å².